The molecule has 0 aliphatic carbocycles. The van der Waals surface area contributed by atoms with Gasteiger partial charge in [-0.05, 0) is 16.8 Å². The molecule has 2 heterocycles. The Labute approximate surface area is 181 Å². The number of amides is 2. The Morgan fingerprint density at radius 1 is 1.03 bits per heavy atom. The molecule has 8 nitrogen and oxygen atoms in total. The van der Waals surface area contributed by atoms with E-state index in [1.54, 1.807) is 17.9 Å². The summed E-state index contributed by atoms with van der Waals surface area (Å²) in [5.41, 5.74) is 1.18. The van der Waals surface area contributed by atoms with Gasteiger partial charge in [-0.25, -0.2) is 0 Å². The van der Waals surface area contributed by atoms with Crippen molar-refractivity contribution in [2.75, 3.05) is 46.4 Å². The molecule has 8 heteroatoms. The standard InChI is InChI=1S/C23H27N5O3/c1-26-16-20(22(25-26)31-2)23(30)28-14-12-27(13-15-28)11-10-24-21(29)19-9-5-7-17-6-3-4-8-18(17)19/h3-9,16H,10-15H2,1-2H3,(H,24,29). The van der Waals surface area contributed by atoms with Gasteiger partial charge >= 0.3 is 0 Å². The molecular formula is C23H27N5O3. The first-order valence-electron chi connectivity index (χ1n) is 10.4. The van der Waals surface area contributed by atoms with E-state index < -0.39 is 0 Å². The number of carbonyl (C=O) groups excluding carboxylic acids is 2. The van der Waals surface area contributed by atoms with Crippen LogP contribution in [-0.4, -0.2) is 77.8 Å². The summed E-state index contributed by atoms with van der Waals surface area (Å²) in [7, 11) is 3.29. The quantitative estimate of drug-likeness (QED) is 0.656. The monoisotopic (exact) mass is 421 g/mol. The van der Waals surface area contributed by atoms with E-state index in [2.05, 4.69) is 15.3 Å². The highest BCUT2D eigenvalue weighted by atomic mass is 16.5. The third kappa shape index (κ3) is 4.54. The van der Waals surface area contributed by atoms with Gasteiger partial charge in [0.15, 0.2) is 0 Å². The third-order valence-corrected chi connectivity index (χ3v) is 5.63. The van der Waals surface area contributed by atoms with Gasteiger partial charge in [0.1, 0.15) is 5.56 Å². The van der Waals surface area contributed by atoms with Crippen molar-refractivity contribution in [1.82, 2.24) is 24.9 Å². The van der Waals surface area contributed by atoms with Gasteiger partial charge < -0.3 is 15.0 Å². The zero-order valence-corrected chi connectivity index (χ0v) is 17.9. The van der Waals surface area contributed by atoms with Crippen molar-refractivity contribution < 1.29 is 14.3 Å². The fraction of sp³-hybridized carbons (Fsp3) is 0.348. The Morgan fingerprint density at radius 2 is 1.77 bits per heavy atom. The zero-order chi connectivity index (χ0) is 21.8. The summed E-state index contributed by atoms with van der Waals surface area (Å²) in [4.78, 5) is 29.5. The number of benzene rings is 2. The van der Waals surface area contributed by atoms with Crippen LogP contribution < -0.4 is 10.1 Å². The Balaban J connectivity index is 1.27. The largest absolute Gasteiger partial charge is 0.479 e. The molecule has 1 N–H and O–H groups in total. The van der Waals surface area contributed by atoms with Crippen LogP contribution in [0.2, 0.25) is 0 Å². The minimum absolute atomic E-state index is 0.0608. The number of ether oxygens (including phenoxy) is 1. The lowest BCUT2D eigenvalue weighted by Crippen LogP contribution is -2.50. The van der Waals surface area contributed by atoms with Gasteiger partial charge in [0.25, 0.3) is 11.8 Å². The summed E-state index contributed by atoms with van der Waals surface area (Å²) in [5, 5.41) is 9.20. The molecule has 0 unspecified atom stereocenters. The number of aromatic nitrogens is 2. The predicted octanol–water partition coefficient (Wildman–Crippen LogP) is 1.77. The molecular weight excluding hydrogens is 394 g/mol. The Kier molecular flexibility index (Phi) is 6.18. The molecule has 0 spiro atoms. The van der Waals surface area contributed by atoms with Crippen LogP contribution in [0.5, 0.6) is 5.88 Å². The average Bonchev–Trinajstić information content (AvgIpc) is 3.19. The number of carbonyl (C=O) groups is 2. The van der Waals surface area contributed by atoms with E-state index >= 15 is 0 Å². The Bertz CT molecular complexity index is 1080. The lowest BCUT2D eigenvalue weighted by molar-refractivity contribution is 0.0635. The van der Waals surface area contributed by atoms with Crippen LogP contribution in [0.3, 0.4) is 0 Å². The number of piperazine rings is 1. The summed E-state index contributed by atoms with van der Waals surface area (Å²) >= 11 is 0. The molecule has 0 saturated carbocycles. The average molecular weight is 422 g/mol. The van der Waals surface area contributed by atoms with E-state index in [1.807, 2.05) is 47.4 Å². The molecule has 0 bridgehead atoms. The maximum Gasteiger partial charge on any atom is 0.261 e. The van der Waals surface area contributed by atoms with E-state index in [9.17, 15) is 9.59 Å². The highest BCUT2D eigenvalue weighted by Crippen LogP contribution is 2.19. The van der Waals surface area contributed by atoms with Gasteiger partial charge in [0.05, 0.1) is 7.11 Å². The summed E-state index contributed by atoms with van der Waals surface area (Å²) < 4.78 is 6.79. The van der Waals surface area contributed by atoms with Crippen LogP contribution in [0.25, 0.3) is 10.8 Å². The van der Waals surface area contributed by atoms with Crippen LogP contribution in [-0.2, 0) is 7.05 Å². The number of nitrogens with one attached hydrogen (secondary N) is 1. The molecule has 2 aromatic carbocycles. The molecule has 1 aromatic heterocycles. The van der Waals surface area contributed by atoms with Crippen LogP contribution in [0, 0.1) is 0 Å². The molecule has 0 radical (unpaired) electrons. The molecule has 0 atom stereocenters. The van der Waals surface area contributed by atoms with Crippen molar-refractivity contribution >= 4 is 22.6 Å². The minimum atomic E-state index is -0.0612. The second kappa shape index (κ2) is 9.18. The van der Waals surface area contributed by atoms with Crippen molar-refractivity contribution in [2.24, 2.45) is 7.05 Å². The second-order valence-electron chi connectivity index (χ2n) is 7.64. The highest BCUT2D eigenvalue weighted by molar-refractivity contribution is 6.07. The lowest BCUT2D eigenvalue weighted by Gasteiger charge is -2.34. The van der Waals surface area contributed by atoms with E-state index in [4.69, 9.17) is 4.74 Å². The molecule has 1 aliphatic rings. The number of fused-ring (bicyclic) bond motifs is 1. The van der Waals surface area contributed by atoms with Gasteiger partial charge in [-0.2, -0.15) is 0 Å². The van der Waals surface area contributed by atoms with Crippen molar-refractivity contribution in [3.8, 4) is 5.88 Å². The summed E-state index contributed by atoms with van der Waals surface area (Å²) in [5.74, 6) is 0.231. The van der Waals surface area contributed by atoms with Gasteiger partial charge in [0.2, 0.25) is 5.88 Å². The smallest absolute Gasteiger partial charge is 0.261 e. The molecule has 1 fully saturated rings. The molecule has 1 saturated heterocycles. The molecule has 31 heavy (non-hydrogen) atoms. The van der Waals surface area contributed by atoms with Crippen molar-refractivity contribution in [1.29, 1.82) is 0 Å². The normalized spacial score (nSPS) is 14.6. The van der Waals surface area contributed by atoms with Crippen LogP contribution >= 0.6 is 0 Å². The molecule has 4 rings (SSSR count). The first-order chi connectivity index (χ1) is 15.1. The highest BCUT2D eigenvalue weighted by Gasteiger charge is 2.26. The minimum Gasteiger partial charge on any atom is -0.479 e. The maximum atomic E-state index is 12.8. The van der Waals surface area contributed by atoms with Crippen molar-refractivity contribution in [3.05, 3.63) is 59.8 Å². The number of hydrogen-bond donors (Lipinski definition) is 1. The predicted molar refractivity (Wildman–Crippen MR) is 118 cm³/mol. The Morgan fingerprint density at radius 3 is 2.55 bits per heavy atom. The summed E-state index contributed by atoms with van der Waals surface area (Å²) in [6.07, 6.45) is 1.69. The van der Waals surface area contributed by atoms with Gasteiger partial charge in [-0.3, -0.25) is 19.2 Å². The fourth-order valence-corrected chi connectivity index (χ4v) is 3.96. The summed E-state index contributed by atoms with van der Waals surface area (Å²) in [6, 6.07) is 13.7. The molecule has 1 aliphatic heterocycles. The van der Waals surface area contributed by atoms with Gasteiger partial charge in [-0.1, -0.05) is 36.4 Å². The molecule has 2 amide bonds. The van der Waals surface area contributed by atoms with E-state index in [0.29, 0.717) is 36.6 Å². The molecule has 3 aromatic rings. The van der Waals surface area contributed by atoms with Crippen LogP contribution in [0.15, 0.2) is 48.7 Å². The fourth-order valence-electron chi connectivity index (χ4n) is 3.96. The SMILES string of the molecule is COc1nn(C)cc1C(=O)N1CCN(CCNC(=O)c2cccc3ccccc23)CC1. The second-order valence-corrected chi connectivity index (χ2v) is 7.64. The van der Waals surface area contributed by atoms with E-state index in [1.165, 1.54) is 7.11 Å². The van der Waals surface area contributed by atoms with Crippen molar-refractivity contribution in [3.63, 3.8) is 0 Å². The topological polar surface area (TPSA) is 79.7 Å². The van der Waals surface area contributed by atoms with Gasteiger partial charge in [0, 0.05) is 58.1 Å². The van der Waals surface area contributed by atoms with Crippen molar-refractivity contribution in [2.45, 2.75) is 0 Å². The third-order valence-electron chi connectivity index (χ3n) is 5.63. The maximum absolute atomic E-state index is 12.8. The Hall–Kier alpha value is -3.39. The zero-order valence-electron chi connectivity index (χ0n) is 17.9. The van der Waals surface area contributed by atoms with E-state index in [0.717, 1.165) is 30.4 Å². The number of nitrogens with zero attached hydrogens (tertiary/aromatic N) is 4. The lowest BCUT2D eigenvalue weighted by atomic mass is 10.0. The first kappa shape index (κ1) is 20.9. The number of aryl methyl sites for hydroxylation is 1. The first-order valence-corrected chi connectivity index (χ1v) is 10.4. The number of rotatable bonds is 6. The summed E-state index contributed by atoms with van der Waals surface area (Å²) in [6.45, 7) is 4.10. The van der Waals surface area contributed by atoms with Gasteiger partial charge in [-0.15, -0.1) is 5.10 Å². The number of methoxy groups -OCH3 is 1. The van der Waals surface area contributed by atoms with Crippen LogP contribution in [0.1, 0.15) is 20.7 Å². The number of hydrogen-bond acceptors (Lipinski definition) is 5. The van der Waals surface area contributed by atoms with Crippen LogP contribution in [0.4, 0.5) is 0 Å². The van der Waals surface area contributed by atoms with E-state index in [-0.39, 0.29) is 11.8 Å². The molecule has 162 valence electrons.